The van der Waals surface area contributed by atoms with Crippen LogP contribution in [0.15, 0.2) is 24.3 Å². The molecule has 0 heterocycles. The highest BCUT2D eigenvalue weighted by Gasteiger charge is 2.13. The first kappa shape index (κ1) is 13.5. The SMILES string of the molecule is C=C(CC)CC(C)C(C)CC(=C)CC. The van der Waals surface area contributed by atoms with E-state index in [0.29, 0.717) is 0 Å². The predicted molar refractivity (Wildman–Crippen MR) is 66.4 cm³/mol. The van der Waals surface area contributed by atoms with Gasteiger partial charge in [0.1, 0.15) is 0 Å². The molecule has 2 atom stereocenters. The van der Waals surface area contributed by atoms with Gasteiger partial charge in [0.2, 0.25) is 0 Å². The lowest BCUT2D eigenvalue weighted by atomic mass is 9.85. The summed E-state index contributed by atoms with van der Waals surface area (Å²) in [5, 5.41) is 0. The molecule has 0 radical (unpaired) electrons. The monoisotopic (exact) mass is 194 g/mol. The van der Waals surface area contributed by atoms with Crippen LogP contribution in [0.4, 0.5) is 0 Å². The molecule has 0 rings (SSSR count). The van der Waals surface area contributed by atoms with Crippen LogP contribution in [0.25, 0.3) is 0 Å². The van der Waals surface area contributed by atoms with Crippen molar-refractivity contribution in [2.45, 2.75) is 53.4 Å². The third-order valence-electron chi connectivity index (χ3n) is 3.19. The molecular weight excluding hydrogens is 168 g/mol. The highest BCUT2D eigenvalue weighted by atomic mass is 14.2. The molecule has 0 aromatic heterocycles. The minimum Gasteiger partial charge on any atom is -0.0999 e. The van der Waals surface area contributed by atoms with Crippen LogP contribution in [-0.4, -0.2) is 0 Å². The van der Waals surface area contributed by atoms with E-state index in [-0.39, 0.29) is 0 Å². The summed E-state index contributed by atoms with van der Waals surface area (Å²) in [7, 11) is 0. The Morgan fingerprint density at radius 1 is 0.857 bits per heavy atom. The number of hydrogen-bond donors (Lipinski definition) is 0. The van der Waals surface area contributed by atoms with E-state index in [0.717, 1.165) is 24.7 Å². The van der Waals surface area contributed by atoms with Gasteiger partial charge in [-0.2, -0.15) is 0 Å². The van der Waals surface area contributed by atoms with Crippen LogP contribution in [0.1, 0.15) is 53.4 Å². The molecular formula is C14H26. The molecule has 0 amide bonds. The maximum atomic E-state index is 4.07. The standard InChI is InChI=1S/C14H26/c1-7-11(3)9-13(5)14(6)10-12(4)8-2/h13-14H,3-4,7-10H2,1-2,5-6H3. The van der Waals surface area contributed by atoms with E-state index in [1.807, 2.05) is 0 Å². The highest BCUT2D eigenvalue weighted by molar-refractivity contribution is 4.98. The van der Waals surface area contributed by atoms with Gasteiger partial charge in [0.05, 0.1) is 0 Å². The van der Waals surface area contributed by atoms with Crippen LogP contribution < -0.4 is 0 Å². The zero-order chi connectivity index (χ0) is 11.1. The molecule has 0 N–H and O–H groups in total. The second-order valence-electron chi connectivity index (χ2n) is 4.57. The van der Waals surface area contributed by atoms with Crippen molar-refractivity contribution in [2.75, 3.05) is 0 Å². The Hall–Kier alpha value is -0.520. The van der Waals surface area contributed by atoms with Gasteiger partial charge in [0, 0.05) is 0 Å². The van der Waals surface area contributed by atoms with E-state index in [9.17, 15) is 0 Å². The first-order valence-electron chi connectivity index (χ1n) is 5.84. The van der Waals surface area contributed by atoms with E-state index in [2.05, 4.69) is 40.9 Å². The van der Waals surface area contributed by atoms with Crippen molar-refractivity contribution in [3.63, 3.8) is 0 Å². The topological polar surface area (TPSA) is 0 Å². The van der Waals surface area contributed by atoms with Gasteiger partial charge in [-0.25, -0.2) is 0 Å². The van der Waals surface area contributed by atoms with E-state index in [1.165, 1.54) is 24.0 Å². The van der Waals surface area contributed by atoms with Crippen molar-refractivity contribution >= 4 is 0 Å². The molecule has 0 spiro atoms. The quantitative estimate of drug-likeness (QED) is 0.502. The van der Waals surface area contributed by atoms with Crippen molar-refractivity contribution < 1.29 is 0 Å². The fourth-order valence-corrected chi connectivity index (χ4v) is 1.60. The third-order valence-corrected chi connectivity index (χ3v) is 3.19. The average Bonchev–Trinajstić information content (AvgIpc) is 2.17. The minimum absolute atomic E-state index is 0.741. The first-order valence-corrected chi connectivity index (χ1v) is 5.84. The average molecular weight is 194 g/mol. The maximum Gasteiger partial charge on any atom is -0.0295 e. The van der Waals surface area contributed by atoms with Gasteiger partial charge >= 0.3 is 0 Å². The summed E-state index contributed by atoms with van der Waals surface area (Å²) in [4.78, 5) is 0. The Morgan fingerprint density at radius 3 is 1.36 bits per heavy atom. The first-order chi connectivity index (χ1) is 6.51. The molecule has 0 aliphatic heterocycles. The highest BCUT2D eigenvalue weighted by Crippen LogP contribution is 2.25. The largest absolute Gasteiger partial charge is 0.0999 e. The van der Waals surface area contributed by atoms with Gasteiger partial charge in [-0.3, -0.25) is 0 Å². The predicted octanol–water partition coefficient (Wildman–Crippen LogP) is 4.97. The smallest absolute Gasteiger partial charge is 0.0295 e. The summed E-state index contributed by atoms with van der Waals surface area (Å²) in [6.45, 7) is 17.2. The van der Waals surface area contributed by atoms with Crippen LogP contribution in [0, 0.1) is 11.8 Å². The van der Waals surface area contributed by atoms with Crippen LogP contribution in [0.3, 0.4) is 0 Å². The summed E-state index contributed by atoms with van der Waals surface area (Å²) < 4.78 is 0. The normalized spacial score (nSPS) is 14.9. The van der Waals surface area contributed by atoms with Gasteiger partial charge in [0.25, 0.3) is 0 Å². The molecule has 0 nitrogen and oxygen atoms in total. The molecule has 2 unspecified atom stereocenters. The summed E-state index contributed by atoms with van der Waals surface area (Å²) in [5.41, 5.74) is 2.76. The third kappa shape index (κ3) is 5.26. The van der Waals surface area contributed by atoms with Gasteiger partial charge in [-0.15, -0.1) is 0 Å². The second-order valence-corrected chi connectivity index (χ2v) is 4.57. The summed E-state index contributed by atoms with van der Waals surface area (Å²) in [6.07, 6.45) is 4.58. The van der Waals surface area contributed by atoms with Crippen LogP contribution in [-0.2, 0) is 0 Å². The Bertz CT molecular complexity index is 166. The lowest BCUT2D eigenvalue weighted by Crippen LogP contribution is -2.09. The zero-order valence-corrected chi connectivity index (χ0v) is 10.4. The number of allylic oxidation sites excluding steroid dienone is 2. The zero-order valence-electron chi connectivity index (χ0n) is 10.4. The Kier molecular flexibility index (Phi) is 6.61. The van der Waals surface area contributed by atoms with Crippen molar-refractivity contribution in [3.05, 3.63) is 24.3 Å². The van der Waals surface area contributed by atoms with E-state index in [1.54, 1.807) is 0 Å². The Balaban J connectivity index is 3.92. The van der Waals surface area contributed by atoms with Crippen molar-refractivity contribution in [3.8, 4) is 0 Å². The maximum absolute atomic E-state index is 4.07. The molecule has 0 aliphatic carbocycles. The fraction of sp³-hybridized carbons (Fsp3) is 0.714. The molecule has 0 saturated carbocycles. The lowest BCUT2D eigenvalue weighted by Gasteiger charge is -2.21. The van der Waals surface area contributed by atoms with E-state index >= 15 is 0 Å². The van der Waals surface area contributed by atoms with Crippen molar-refractivity contribution in [1.29, 1.82) is 0 Å². The Labute approximate surface area is 90.1 Å². The molecule has 0 aromatic rings. The molecule has 0 aliphatic rings. The second kappa shape index (κ2) is 6.86. The molecule has 0 heteroatoms. The molecule has 0 fully saturated rings. The van der Waals surface area contributed by atoms with E-state index in [4.69, 9.17) is 0 Å². The fourth-order valence-electron chi connectivity index (χ4n) is 1.60. The van der Waals surface area contributed by atoms with Gasteiger partial charge in [-0.1, -0.05) is 52.0 Å². The minimum atomic E-state index is 0.741. The van der Waals surface area contributed by atoms with Crippen molar-refractivity contribution in [1.82, 2.24) is 0 Å². The molecule has 82 valence electrons. The number of rotatable bonds is 7. The Morgan fingerprint density at radius 2 is 1.14 bits per heavy atom. The number of hydrogen-bond acceptors (Lipinski definition) is 0. The van der Waals surface area contributed by atoms with Gasteiger partial charge in [0.15, 0.2) is 0 Å². The van der Waals surface area contributed by atoms with Crippen LogP contribution >= 0.6 is 0 Å². The summed E-state index contributed by atoms with van der Waals surface area (Å²) >= 11 is 0. The molecule has 14 heavy (non-hydrogen) atoms. The molecule has 0 aromatic carbocycles. The lowest BCUT2D eigenvalue weighted by molar-refractivity contribution is 0.377. The molecule has 0 bridgehead atoms. The van der Waals surface area contributed by atoms with Crippen LogP contribution in [0.2, 0.25) is 0 Å². The van der Waals surface area contributed by atoms with Gasteiger partial charge in [-0.05, 0) is 37.5 Å². The molecule has 0 saturated heterocycles. The van der Waals surface area contributed by atoms with E-state index < -0.39 is 0 Å². The summed E-state index contributed by atoms with van der Waals surface area (Å²) in [6, 6.07) is 0. The van der Waals surface area contributed by atoms with Crippen molar-refractivity contribution in [2.24, 2.45) is 11.8 Å². The van der Waals surface area contributed by atoms with Crippen LogP contribution in [0.5, 0.6) is 0 Å². The summed E-state index contributed by atoms with van der Waals surface area (Å²) in [5.74, 6) is 1.48. The van der Waals surface area contributed by atoms with Gasteiger partial charge < -0.3 is 0 Å².